The van der Waals surface area contributed by atoms with Crippen LogP contribution in [-0.4, -0.2) is 53.4 Å². The number of allylic oxidation sites excluding steroid dienone is 1. The highest BCUT2D eigenvalue weighted by molar-refractivity contribution is 6.10. The number of aromatic hydroxyl groups is 1. The molecule has 0 atom stereocenters. The third-order valence-electron chi connectivity index (χ3n) is 4.76. The Labute approximate surface area is 175 Å². The maximum absolute atomic E-state index is 12.3. The molecular formula is C22H25N5O3. The number of morpholine rings is 1. The van der Waals surface area contributed by atoms with E-state index in [0.717, 1.165) is 24.9 Å². The summed E-state index contributed by atoms with van der Waals surface area (Å²) in [5.41, 5.74) is 8.76. The maximum atomic E-state index is 12.3. The molecule has 30 heavy (non-hydrogen) atoms. The molecule has 156 valence electrons. The molecule has 1 aromatic carbocycles. The van der Waals surface area contributed by atoms with Gasteiger partial charge in [-0.2, -0.15) is 0 Å². The van der Waals surface area contributed by atoms with Crippen LogP contribution in [0.1, 0.15) is 16.7 Å². The third-order valence-corrected chi connectivity index (χ3v) is 4.76. The van der Waals surface area contributed by atoms with E-state index in [-0.39, 0.29) is 11.7 Å². The Morgan fingerprint density at radius 3 is 2.83 bits per heavy atom. The molecule has 0 aliphatic carbocycles. The number of phenols is 1. The highest BCUT2D eigenvalue weighted by Gasteiger charge is 2.13. The molecule has 1 aliphatic heterocycles. The molecule has 0 bridgehead atoms. The Morgan fingerprint density at radius 2 is 2.13 bits per heavy atom. The summed E-state index contributed by atoms with van der Waals surface area (Å²) in [6.07, 6.45) is 8.66. The molecule has 1 saturated heterocycles. The number of hydrogen-bond acceptors (Lipinski definition) is 7. The van der Waals surface area contributed by atoms with Crippen molar-refractivity contribution in [3.63, 3.8) is 0 Å². The van der Waals surface area contributed by atoms with Crippen LogP contribution in [0.15, 0.2) is 48.9 Å². The SMILES string of the molecule is N=CC(=CN)c1ccncc1/C=C/C(=O)Nc1ccc(CN2CCOCC2)c(O)c1. The molecule has 0 saturated carbocycles. The highest BCUT2D eigenvalue weighted by atomic mass is 16.5. The van der Waals surface area contributed by atoms with Gasteiger partial charge in [0, 0.05) is 79.0 Å². The summed E-state index contributed by atoms with van der Waals surface area (Å²) >= 11 is 0. The van der Waals surface area contributed by atoms with Crippen LogP contribution in [0.2, 0.25) is 0 Å². The lowest BCUT2D eigenvalue weighted by molar-refractivity contribution is -0.111. The number of rotatable bonds is 7. The number of carbonyl (C=O) groups excluding carboxylic acids is 1. The highest BCUT2D eigenvalue weighted by Crippen LogP contribution is 2.24. The van der Waals surface area contributed by atoms with Gasteiger partial charge in [0.2, 0.25) is 5.91 Å². The Hall–Kier alpha value is -3.49. The summed E-state index contributed by atoms with van der Waals surface area (Å²) in [4.78, 5) is 18.6. The van der Waals surface area contributed by atoms with Gasteiger partial charge in [0.1, 0.15) is 5.75 Å². The number of nitrogens with two attached hydrogens (primary N) is 1. The second-order valence-corrected chi connectivity index (χ2v) is 6.78. The van der Waals surface area contributed by atoms with Crippen LogP contribution >= 0.6 is 0 Å². The number of nitrogens with one attached hydrogen (secondary N) is 2. The second-order valence-electron chi connectivity index (χ2n) is 6.78. The minimum Gasteiger partial charge on any atom is -0.508 e. The van der Waals surface area contributed by atoms with Gasteiger partial charge in [0.15, 0.2) is 0 Å². The number of phenolic OH excluding ortho intramolecular Hbond substituents is 1. The van der Waals surface area contributed by atoms with Crippen LogP contribution < -0.4 is 11.1 Å². The summed E-state index contributed by atoms with van der Waals surface area (Å²) in [5, 5.41) is 20.5. The lowest BCUT2D eigenvalue weighted by Crippen LogP contribution is -2.35. The average Bonchev–Trinajstić information content (AvgIpc) is 2.76. The summed E-state index contributed by atoms with van der Waals surface area (Å²) in [6.45, 7) is 3.69. The number of hydrogen-bond donors (Lipinski definition) is 4. The maximum Gasteiger partial charge on any atom is 0.248 e. The van der Waals surface area contributed by atoms with Crippen molar-refractivity contribution < 1.29 is 14.6 Å². The molecule has 8 heteroatoms. The van der Waals surface area contributed by atoms with Gasteiger partial charge in [0.25, 0.3) is 0 Å². The van der Waals surface area contributed by atoms with E-state index in [1.807, 2.05) is 6.07 Å². The number of benzene rings is 1. The van der Waals surface area contributed by atoms with Gasteiger partial charge < -0.3 is 26.3 Å². The van der Waals surface area contributed by atoms with Crippen molar-refractivity contribution in [3.8, 4) is 5.75 Å². The van der Waals surface area contributed by atoms with Gasteiger partial charge in [-0.3, -0.25) is 14.7 Å². The minimum absolute atomic E-state index is 0.140. The van der Waals surface area contributed by atoms with E-state index < -0.39 is 0 Å². The average molecular weight is 407 g/mol. The number of anilines is 1. The number of carbonyl (C=O) groups is 1. The van der Waals surface area contributed by atoms with E-state index in [1.165, 1.54) is 12.3 Å². The normalized spacial score (nSPS) is 15.3. The molecule has 1 aromatic heterocycles. The number of nitrogens with zero attached hydrogens (tertiary/aromatic N) is 2. The number of aromatic nitrogens is 1. The van der Waals surface area contributed by atoms with E-state index in [2.05, 4.69) is 15.2 Å². The molecule has 2 heterocycles. The number of pyridine rings is 1. The quantitative estimate of drug-likeness (QED) is 0.412. The molecule has 3 rings (SSSR count). The largest absolute Gasteiger partial charge is 0.508 e. The lowest BCUT2D eigenvalue weighted by Gasteiger charge is -2.26. The Morgan fingerprint density at radius 1 is 1.33 bits per heavy atom. The van der Waals surface area contributed by atoms with E-state index in [0.29, 0.717) is 42.1 Å². The summed E-state index contributed by atoms with van der Waals surface area (Å²) in [7, 11) is 0. The first-order valence-corrected chi connectivity index (χ1v) is 9.58. The van der Waals surface area contributed by atoms with Crippen molar-refractivity contribution >= 4 is 29.5 Å². The van der Waals surface area contributed by atoms with Gasteiger partial charge in [0.05, 0.1) is 13.2 Å². The summed E-state index contributed by atoms with van der Waals surface area (Å²) < 4.78 is 5.34. The Kier molecular flexibility index (Phi) is 7.31. The van der Waals surface area contributed by atoms with Crippen molar-refractivity contribution in [2.45, 2.75) is 6.54 Å². The topological polar surface area (TPSA) is 125 Å². The fourth-order valence-corrected chi connectivity index (χ4v) is 3.14. The van der Waals surface area contributed by atoms with E-state index >= 15 is 0 Å². The van der Waals surface area contributed by atoms with E-state index in [1.54, 1.807) is 36.7 Å². The zero-order chi connectivity index (χ0) is 21.3. The van der Waals surface area contributed by atoms with Gasteiger partial charge in [-0.25, -0.2) is 0 Å². The third kappa shape index (κ3) is 5.53. The van der Waals surface area contributed by atoms with Crippen LogP contribution in [0, 0.1) is 5.41 Å². The van der Waals surface area contributed by atoms with Crippen LogP contribution in [-0.2, 0) is 16.1 Å². The van der Waals surface area contributed by atoms with Gasteiger partial charge >= 0.3 is 0 Å². The molecule has 0 spiro atoms. The number of ether oxygens (including phenoxy) is 1. The molecular weight excluding hydrogens is 382 g/mol. The lowest BCUT2D eigenvalue weighted by atomic mass is 10.0. The first kappa shape index (κ1) is 21.2. The monoisotopic (exact) mass is 407 g/mol. The first-order valence-electron chi connectivity index (χ1n) is 9.58. The standard InChI is InChI=1S/C22H25N5O3/c23-12-18(13-24)20-5-6-25-14-16(20)2-4-22(29)26-19-3-1-17(21(28)11-19)15-27-7-9-30-10-8-27/h1-6,11-14,23,28H,7-10,15,24H2,(H,26,29)/b4-2+,18-13?,23-12?. The molecule has 8 nitrogen and oxygen atoms in total. The second kappa shape index (κ2) is 10.3. The van der Waals surface area contributed by atoms with Crippen LogP contribution in [0.4, 0.5) is 5.69 Å². The predicted octanol–water partition coefficient (Wildman–Crippen LogP) is 2.22. The minimum atomic E-state index is -0.349. The van der Waals surface area contributed by atoms with Crippen molar-refractivity contribution in [2.24, 2.45) is 5.73 Å². The smallest absolute Gasteiger partial charge is 0.248 e. The van der Waals surface area contributed by atoms with Crippen molar-refractivity contribution in [2.75, 3.05) is 31.6 Å². The van der Waals surface area contributed by atoms with Gasteiger partial charge in [-0.15, -0.1) is 0 Å². The van der Waals surface area contributed by atoms with Crippen LogP contribution in [0.5, 0.6) is 5.75 Å². The van der Waals surface area contributed by atoms with Gasteiger partial charge in [-0.05, 0) is 23.8 Å². The molecule has 0 unspecified atom stereocenters. The molecule has 1 fully saturated rings. The molecule has 5 N–H and O–H groups in total. The van der Waals surface area contributed by atoms with Gasteiger partial charge in [-0.1, -0.05) is 6.07 Å². The van der Waals surface area contributed by atoms with Crippen LogP contribution in [0.25, 0.3) is 11.6 Å². The van der Waals surface area contributed by atoms with Crippen molar-refractivity contribution in [3.05, 3.63) is 65.6 Å². The zero-order valence-electron chi connectivity index (χ0n) is 16.5. The molecule has 2 aromatic rings. The van der Waals surface area contributed by atoms with E-state index in [4.69, 9.17) is 15.9 Å². The Bertz CT molecular complexity index is 965. The fraction of sp³-hybridized carbons (Fsp3) is 0.227. The van der Waals surface area contributed by atoms with Crippen molar-refractivity contribution in [1.82, 2.24) is 9.88 Å². The molecule has 1 amide bonds. The fourth-order valence-electron chi connectivity index (χ4n) is 3.14. The molecule has 0 radical (unpaired) electrons. The molecule has 1 aliphatic rings. The Balaban J connectivity index is 1.65. The van der Waals surface area contributed by atoms with Crippen LogP contribution in [0.3, 0.4) is 0 Å². The summed E-state index contributed by atoms with van der Waals surface area (Å²) in [5.74, 6) is -0.209. The predicted molar refractivity (Wildman–Crippen MR) is 117 cm³/mol. The number of amides is 1. The van der Waals surface area contributed by atoms with E-state index in [9.17, 15) is 9.90 Å². The van der Waals surface area contributed by atoms with Crippen molar-refractivity contribution in [1.29, 1.82) is 5.41 Å². The first-order chi connectivity index (χ1) is 14.6. The zero-order valence-corrected chi connectivity index (χ0v) is 16.5. The summed E-state index contributed by atoms with van der Waals surface area (Å²) in [6, 6.07) is 6.85.